The van der Waals surface area contributed by atoms with Crippen molar-refractivity contribution in [3.05, 3.63) is 76.9 Å². The predicted molar refractivity (Wildman–Crippen MR) is 117 cm³/mol. The first-order valence-electron chi connectivity index (χ1n) is 9.47. The first-order valence-corrected chi connectivity index (χ1v) is 10.5. The standard InChI is InChI=1S/C22H21FN4O2S/c1-13-10-15(3)18(11-14(13)2)19(28)12-30-22-25-24-20-21(29)26(8-9-27(20)22)17-6-4-16(23)5-7-17/h4-11,20,24H,12H2,1-3H3. The van der Waals surface area contributed by atoms with Crippen LogP contribution in [0.15, 0.2) is 53.9 Å². The molecular weight excluding hydrogens is 403 g/mol. The molecule has 1 atom stereocenters. The lowest BCUT2D eigenvalue weighted by Gasteiger charge is -2.31. The summed E-state index contributed by atoms with van der Waals surface area (Å²) in [6.07, 6.45) is 2.65. The number of thioether (sulfide) groups is 1. The van der Waals surface area contributed by atoms with Crippen molar-refractivity contribution in [3.63, 3.8) is 0 Å². The van der Waals surface area contributed by atoms with Crippen molar-refractivity contribution in [1.82, 2.24) is 10.3 Å². The highest BCUT2D eigenvalue weighted by molar-refractivity contribution is 8.14. The van der Waals surface area contributed by atoms with E-state index in [1.165, 1.54) is 28.8 Å². The molecule has 2 aliphatic heterocycles. The van der Waals surface area contributed by atoms with Crippen molar-refractivity contribution in [2.45, 2.75) is 26.9 Å². The molecule has 0 saturated carbocycles. The van der Waals surface area contributed by atoms with Gasteiger partial charge < -0.3 is 0 Å². The van der Waals surface area contributed by atoms with Gasteiger partial charge in [-0.05, 0) is 67.8 Å². The third-order valence-electron chi connectivity index (χ3n) is 5.21. The van der Waals surface area contributed by atoms with Crippen LogP contribution in [0.2, 0.25) is 0 Å². The number of amides is 1. The Morgan fingerprint density at radius 2 is 1.80 bits per heavy atom. The normalized spacial score (nSPS) is 17.7. The molecule has 2 heterocycles. The van der Waals surface area contributed by atoms with Crippen LogP contribution in [0.5, 0.6) is 0 Å². The molecule has 0 spiro atoms. The molecule has 1 N–H and O–H groups in total. The van der Waals surface area contributed by atoms with Gasteiger partial charge in [0.25, 0.3) is 5.91 Å². The van der Waals surface area contributed by atoms with Gasteiger partial charge in [-0.25, -0.2) is 4.39 Å². The zero-order valence-corrected chi connectivity index (χ0v) is 17.7. The summed E-state index contributed by atoms with van der Waals surface area (Å²) in [7, 11) is 0. The average Bonchev–Trinajstić information content (AvgIpc) is 3.14. The summed E-state index contributed by atoms with van der Waals surface area (Å²) < 4.78 is 13.2. The van der Waals surface area contributed by atoms with Crippen LogP contribution in [-0.2, 0) is 4.79 Å². The monoisotopic (exact) mass is 424 g/mol. The number of nitrogens with zero attached hydrogens (tertiary/aromatic N) is 3. The van der Waals surface area contributed by atoms with Gasteiger partial charge in [-0.3, -0.25) is 24.8 Å². The van der Waals surface area contributed by atoms with Crippen molar-refractivity contribution >= 4 is 34.3 Å². The molecule has 2 aliphatic rings. The van der Waals surface area contributed by atoms with Crippen LogP contribution < -0.4 is 10.3 Å². The third-order valence-corrected chi connectivity index (χ3v) is 6.17. The van der Waals surface area contributed by atoms with Gasteiger partial charge in [0.05, 0.1) is 5.75 Å². The Morgan fingerprint density at radius 1 is 1.10 bits per heavy atom. The van der Waals surface area contributed by atoms with E-state index in [1.54, 1.807) is 29.4 Å². The summed E-state index contributed by atoms with van der Waals surface area (Å²) in [4.78, 5) is 28.7. The lowest BCUT2D eigenvalue weighted by atomic mass is 9.99. The molecule has 0 saturated heterocycles. The van der Waals surface area contributed by atoms with Crippen LogP contribution in [0.3, 0.4) is 0 Å². The smallest absolute Gasteiger partial charge is 0.276 e. The van der Waals surface area contributed by atoms with E-state index in [2.05, 4.69) is 10.5 Å². The molecule has 0 fully saturated rings. The van der Waals surface area contributed by atoms with Crippen molar-refractivity contribution in [2.75, 3.05) is 10.7 Å². The number of ketones is 1. The van der Waals surface area contributed by atoms with Crippen LogP contribution in [0.4, 0.5) is 10.1 Å². The first-order chi connectivity index (χ1) is 14.3. The van der Waals surface area contributed by atoms with Crippen LogP contribution in [0, 0.1) is 26.6 Å². The van der Waals surface area contributed by atoms with Crippen molar-refractivity contribution in [2.24, 2.45) is 5.10 Å². The molecular formula is C22H21FN4O2S. The minimum atomic E-state index is -0.694. The molecule has 2 aromatic rings. The molecule has 2 aromatic carbocycles. The molecule has 30 heavy (non-hydrogen) atoms. The van der Waals surface area contributed by atoms with Crippen LogP contribution in [-0.4, -0.2) is 33.7 Å². The molecule has 1 amide bonds. The summed E-state index contributed by atoms with van der Waals surface area (Å²) in [6, 6.07) is 9.66. The molecule has 0 radical (unpaired) electrons. The number of amidine groups is 1. The second-order valence-corrected chi connectivity index (χ2v) is 8.22. The SMILES string of the molecule is Cc1cc(C)c(C(=O)CSC2=NNC3C(=O)N(c4ccc(F)cc4)C=CN23)cc1C. The maximum atomic E-state index is 13.2. The Hall–Kier alpha value is -3.13. The first kappa shape index (κ1) is 20.2. The topological polar surface area (TPSA) is 65.0 Å². The van der Waals surface area contributed by atoms with Gasteiger partial charge in [0, 0.05) is 23.7 Å². The molecule has 0 bridgehead atoms. The molecule has 4 rings (SSSR count). The molecule has 0 aliphatic carbocycles. The van der Waals surface area contributed by atoms with E-state index in [1.807, 2.05) is 32.9 Å². The van der Waals surface area contributed by atoms with Gasteiger partial charge in [0.15, 0.2) is 11.0 Å². The van der Waals surface area contributed by atoms with E-state index in [4.69, 9.17) is 0 Å². The zero-order chi connectivity index (χ0) is 21.4. The van der Waals surface area contributed by atoms with Crippen molar-refractivity contribution < 1.29 is 14.0 Å². The number of rotatable bonds is 4. The zero-order valence-electron chi connectivity index (χ0n) is 16.8. The van der Waals surface area contributed by atoms with Gasteiger partial charge in [-0.1, -0.05) is 17.8 Å². The summed E-state index contributed by atoms with van der Waals surface area (Å²) in [6.45, 7) is 5.95. The third kappa shape index (κ3) is 3.70. The Morgan fingerprint density at radius 3 is 2.53 bits per heavy atom. The highest BCUT2D eigenvalue weighted by Crippen LogP contribution is 2.26. The number of aryl methyl sites for hydroxylation is 3. The second kappa shape index (κ2) is 7.95. The van der Waals surface area contributed by atoms with E-state index in [9.17, 15) is 14.0 Å². The number of hydrogen-bond acceptors (Lipinski definition) is 6. The number of hydrazone groups is 1. The van der Waals surface area contributed by atoms with Crippen LogP contribution >= 0.6 is 11.8 Å². The Kier molecular flexibility index (Phi) is 5.34. The summed E-state index contributed by atoms with van der Waals surface area (Å²) in [5.74, 6) is -0.359. The fraction of sp³-hybridized carbons (Fsp3) is 0.227. The maximum absolute atomic E-state index is 13.2. The summed E-state index contributed by atoms with van der Waals surface area (Å²) >= 11 is 1.28. The number of hydrogen-bond donors (Lipinski definition) is 1. The number of Topliss-reactive ketones (excluding diaryl/α,β-unsaturated/α-hetero) is 1. The molecule has 0 aromatic heterocycles. The van der Waals surface area contributed by atoms with Crippen LogP contribution in [0.1, 0.15) is 27.0 Å². The number of nitrogens with one attached hydrogen (secondary N) is 1. The number of carbonyl (C=O) groups is 2. The van der Waals surface area contributed by atoms with Crippen LogP contribution in [0.25, 0.3) is 0 Å². The van der Waals surface area contributed by atoms with E-state index < -0.39 is 6.17 Å². The summed E-state index contributed by atoms with van der Waals surface area (Å²) in [5.41, 5.74) is 7.30. The fourth-order valence-corrected chi connectivity index (χ4v) is 4.25. The van der Waals surface area contributed by atoms with E-state index in [0.29, 0.717) is 16.4 Å². The number of anilines is 1. The van der Waals surface area contributed by atoms with Gasteiger partial charge in [-0.15, -0.1) is 0 Å². The highest BCUT2D eigenvalue weighted by atomic mass is 32.2. The highest BCUT2D eigenvalue weighted by Gasteiger charge is 2.38. The number of benzene rings is 2. The van der Waals surface area contributed by atoms with E-state index in [0.717, 1.165) is 16.7 Å². The maximum Gasteiger partial charge on any atom is 0.276 e. The minimum Gasteiger partial charge on any atom is -0.294 e. The number of halogens is 1. The van der Waals surface area contributed by atoms with Crippen molar-refractivity contribution in [1.29, 1.82) is 0 Å². The Bertz CT molecular complexity index is 1080. The number of carbonyl (C=O) groups excluding carboxylic acids is 2. The Balaban J connectivity index is 1.45. The van der Waals surface area contributed by atoms with Gasteiger partial charge in [-0.2, -0.15) is 5.10 Å². The van der Waals surface area contributed by atoms with Crippen molar-refractivity contribution in [3.8, 4) is 0 Å². The largest absolute Gasteiger partial charge is 0.294 e. The number of fused-ring (bicyclic) bond motifs is 1. The lowest BCUT2D eigenvalue weighted by molar-refractivity contribution is -0.122. The molecule has 6 nitrogen and oxygen atoms in total. The molecule has 1 unspecified atom stereocenters. The molecule has 8 heteroatoms. The average molecular weight is 425 g/mol. The van der Waals surface area contributed by atoms with E-state index >= 15 is 0 Å². The minimum absolute atomic E-state index is 0.0204. The Labute approximate surface area is 178 Å². The van der Waals surface area contributed by atoms with E-state index in [-0.39, 0.29) is 23.3 Å². The van der Waals surface area contributed by atoms with Gasteiger partial charge >= 0.3 is 0 Å². The van der Waals surface area contributed by atoms with Gasteiger partial charge in [0.1, 0.15) is 5.82 Å². The second-order valence-electron chi connectivity index (χ2n) is 7.28. The predicted octanol–water partition coefficient (Wildman–Crippen LogP) is 3.69. The quantitative estimate of drug-likeness (QED) is 0.759. The molecule has 154 valence electrons. The lowest BCUT2D eigenvalue weighted by Crippen LogP contribution is -2.52. The van der Waals surface area contributed by atoms with Gasteiger partial charge in [0.2, 0.25) is 6.17 Å². The fourth-order valence-electron chi connectivity index (χ4n) is 3.41. The summed E-state index contributed by atoms with van der Waals surface area (Å²) in [5, 5.41) is 4.79.